The number of benzene rings is 1. The SMILES string of the molecule is CC1(C)Cc2c(cnn2-c2ccc(F)cc2)[C@H](NC(=O)CN2CCCC2=O)C1. The van der Waals surface area contributed by atoms with Crippen molar-refractivity contribution in [3.05, 3.63) is 47.5 Å². The molecule has 0 spiro atoms. The van der Waals surface area contributed by atoms with Crippen molar-refractivity contribution in [1.29, 1.82) is 0 Å². The van der Waals surface area contributed by atoms with Crippen LogP contribution in [-0.2, 0) is 16.0 Å². The number of carbonyl (C=O) groups is 2. The summed E-state index contributed by atoms with van der Waals surface area (Å²) in [5.41, 5.74) is 2.80. The fourth-order valence-corrected chi connectivity index (χ4v) is 4.26. The minimum Gasteiger partial charge on any atom is -0.348 e. The maximum atomic E-state index is 13.3. The summed E-state index contributed by atoms with van der Waals surface area (Å²) in [7, 11) is 0. The maximum absolute atomic E-state index is 13.3. The first-order valence-corrected chi connectivity index (χ1v) is 9.72. The molecule has 0 bridgehead atoms. The Bertz CT molecular complexity index is 904. The molecule has 1 aliphatic heterocycles. The van der Waals surface area contributed by atoms with Crippen molar-refractivity contribution in [2.45, 2.75) is 45.6 Å². The van der Waals surface area contributed by atoms with Gasteiger partial charge in [-0.3, -0.25) is 9.59 Å². The van der Waals surface area contributed by atoms with Gasteiger partial charge in [-0.1, -0.05) is 13.8 Å². The molecule has 28 heavy (non-hydrogen) atoms. The Morgan fingerprint density at radius 1 is 1.32 bits per heavy atom. The second-order valence-corrected chi connectivity index (χ2v) is 8.52. The number of nitrogens with zero attached hydrogens (tertiary/aromatic N) is 3. The van der Waals surface area contributed by atoms with E-state index < -0.39 is 0 Å². The molecule has 1 aromatic heterocycles. The first-order chi connectivity index (χ1) is 13.3. The number of carbonyl (C=O) groups excluding carboxylic acids is 2. The Kier molecular flexibility index (Phi) is 4.69. The molecule has 1 atom stereocenters. The van der Waals surface area contributed by atoms with Gasteiger partial charge in [0.25, 0.3) is 0 Å². The summed E-state index contributed by atoms with van der Waals surface area (Å²) in [5, 5.41) is 7.62. The number of halogens is 1. The molecule has 2 aromatic rings. The zero-order chi connectivity index (χ0) is 19.9. The van der Waals surface area contributed by atoms with Gasteiger partial charge in [-0.05, 0) is 48.9 Å². The van der Waals surface area contributed by atoms with E-state index in [1.165, 1.54) is 12.1 Å². The summed E-state index contributed by atoms with van der Waals surface area (Å²) in [6, 6.07) is 6.10. The van der Waals surface area contributed by atoms with Crippen molar-refractivity contribution in [2.24, 2.45) is 5.41 Å². The lowest BCUT2D eigenvalue weighted by atomic mass is 9.74. The van der Waals surface area contributed by atoms with E-state index in [1.807, 2.05) is 4.68 Å². The predicted octanol–water partition coefficient (Wildman–Crippen LogP) is 2.76. The maximum Gasteiger partial charge on any atom is 0.240 e. The van der Waals surface area contributed by atoms with Crippen LogP contribution in [0.2, 0.25) is 0 Å². The molecule has 1 fully saturated rings. The number of hydrogen-bond acceptors (Lipinski definition) is 3. The number of nitrogens with one attached hydrogen (secondary N) is 1. The first kappa shape index (κ1) is 18.7. The van der Waals surface area contributed by atoms with E-state index in [4.69, 9.17) is 0 Å². The summed E-state index contributed by atoms with van der Waals surface area (Å²) >= 11 is 0. The number of likely N-dealkylation sites (tertiary alicyclic amines) is 1. The molecule has 1 N–H and O–H groups in total. The Labute approximate surface area is 163 Å². The van der Waals surface area contributed by atoms with E-state index in [2.05, 4.69) is 24.3 Å². The summed E-state index contributed by atoms with van der Waals surface area (Å²) < 4.78 is 15.1. The molecule has 148 valence electrons. The minimum absolute atomic E-state index is 0.0216. The molecule has 4 rings (SSSR count). The first-order valence-electron chi connectivity index (χ1n) is 9.72. The highest BCUT2D eigenvalue weighted by Crippen LogP contribution is 2.41. The van der Waals surface area contributed by atoms with Crippen LogP contribution in [0.3, 0.4) is 0 Å². The summed E-state index contributed by atoms with van der Waals surface area (Å²) in [6.45, 7) is 5.09. The summed E-state index contributed by atoms with van der Waals surface area (Å²) in [5.74, 6) is -0.380. The Morgan fingerprint density at radius 2 is 2.07 bits per heavy atom. The Hall–Kier alpha value is -2.70. The van der Waals surface area contributed by atoms with Gasteiger partial charge in [0.05, 0.1) is 30.2 Å². The van der Waals surface area contributed by atoms with E-state index in [0.29, 0.717) is 13.0 Å². The smallest absolute Gasteiger partial charge is 0.240 e. The number of rotatable bonds is 4. The molecule has 2 amide bonds. The standard InChI is InChI=1S/C21H25FN4O2/c1-21(2)10-17(24-19(27)13-25-9-3-4-20(25)28)16-12-23-26(18(16)11-21)15-7-5-14(22)6-8-15/h5-8,12,17H,3-4,9-11,13H2,1-2H3,(H,24,27)/t17-/m1/s1. The lowest BCUT2D eigenvalue weighted by molar-refractivity contribution is -0.133. The Morgan fingerprint density at radius 3 is 2.75 bits per heavy atom. The molecule has 0 radical (unpaired) electrons. The van der Waals surface area contributed by atoms with E-state index in [9.17, 15) is 14.0 Å². The molecular weight excluding hydrogens is 359 g/mol. The molecule has 2 aliphatic rings. The largest absolute Gasteiger partial charge is 0.348 e. The van der Waals surface area contributed by atoms with Crippen molar-refractivity contribution in [2.75, 3.05) is 13.1 Å². The van der Waals surface area contributed by atoms with Crippen molar-refractivity contribution in [3.63, 3.8) is 0 Å². The second kappa shape index (κ2) is 7.04. The molecule has 1 saturated heterocycles. The van der Waals surface area contributed by atoms with Gasteiger partial charge in [0.15, 0.2) is 0 Å². The molecule has 6 nitrogen and oxygen atoms in total. The van der Waals surface area contributed by atoms with Crippen LogP contribution >= 0.6 is 0 Å². The van der Waals surface area contributed by atoms with Gasteiger partial charge in [-0.2, -0.15) is 5.10 Å². The molecule has 1 aromatic carbocycles. The fourth-order valence-electron chi connectivity index (χ4n) is 4.26. The van der Waals surface area contributed by atoms with Gasteiger partial charge in [0.1, 0.15) is 5.82 Å². The summed E-state index contributed by atoms with van der Waals surface area (Å²) in [4.78, 5) is 26.0. The molecule has 0 saturated carbocycles. The van der Waals surface area contributed by atoms with Crippen molar-refractivity contribution < 1.29 is 14.0 Å². The van der Waals surface area contributed by atoms with E-state index in [-0.39, 0.29) is 35.6 Å². The average molecular weight is 384 g/mol. The van der Waals surface area contributed by atoms with Crippen molar-refractivity contribution >= 4 is 11.8 Å². The fraction of sp³-hybridized carbons (Fsp3) is 0.476. The molecule has 0 unspecified atom stereocenters. The van der Waals surface area contributed by atoms with Crippen LogP contribution in [-0.4, -0.2) is 39.6 Å². The lowest BCUT2D eigenvalue weighted by Crippen LogP contribution is -2.42. The van der Waals surface area contributed by atoms with Gasteiger partial charge in [-0.15, -0.1) is 0 Å². The van der Waals surface area contributed by atoms with Gasteiger partial charge >= 0.3 is 0 Å². The Balaban J connectivity index is 1.57. The highest BCUT2D eigenvalue weighted by Gasteiger charge is 2.36. The van der Waals surface area contributed by atoms with Crippen LogP contribution in [0.25, 0.3) is 5.69 Å². The van der Waals surface area contributed by atoms with Crippen LogP contribution in [0.1, 0.15) is 50.4 Å². The van der Waals surface area contributed by atoms with Crippen LogP contribution in [0.4, 0.5) is 4.39 Å². The van der Waals surface area contributed by atoms with Crippen LogP contribution in [0.15, 0.2) is 30.5 Å². The average Bonchev–Trinajstić information content (AvgIpc) is 3.21. The van der Waals surface area contributed by atoms with Crippen LogP contribution in [0.5, 0.6) is 0 Å². The van der Waals surface area contributed by atoms with Crippen molar-refractivity contribution in [3.8, 4) is 5.69 Å². The molecular formula is C21H25FN4O2. The van der Waals surface area contributed by atoms with Gasteiger partial charge < -0.3 is 10.2 Å². The van der Waals surface area contributed by atoms with Gasteiger partial charge in [-0.25, -0.2) is 9.07 Å². The molecule has 7 heteroatoms. The number of aromatic nitrogens is 2. The molecule has 1 aliphatic carbocycles. The third-order valence-electron chi connectivity index (χ3n) is 5.59. The number of fused-ring (bicyclic) bond motifs is 1. The summed E-state index contributed by atoms with van der Waals surface area (Å²) in [6.07, 6.45) is 4.75. The van der Waals surface area contributed by atoms with Crippen LogP contribution < -0.4 is 5.32 Å². The van der Waals surface area contributed by atoms with E-state index in [0.717, 1.165) is 36.2 Å². The zero-order valence-electron chi connectivity index (χ0n) is 16.2. The minimum atomic E-state index is -0.285. The van der Waals surface area contributed by atoms with Crippen molar-refractivity contribution in [1.82, 2.24) is 20.0 Å². The number of amides is 2. The zero-order valence-corrected chi connectivity index (χ0v) is 16.2. The van der Waals surface area contributed by atoms with E-state index in [1.54, 1.807) is 23.2 Å². The highest BCUT2D eigenvalue weighted by molar-refractivity contribution is 5.86. The lowest BCUT2D eigenvalue weighted by Gasteiger charge is -2.36. The predicted molar refractivity (Wildman–Crippen MR) is 102 cm³/mol. The topological polar surface area (TPSA) is 67.2 Å². The third kappa shape index (κ3) is 3.66. The highest BCUT2D eigenvalue weighted by atomic mass is 19.1. The van der Waals surface area contributed by atoms with E-state index >= 15 is 0 Å². The molecule has 2 heterocycles. The second-order valence-electron chi connectivity index (χ2n) is 8.52. The monoisotopic (exact) mass is 384 g/mol. The van der Waals surface area contributed by atoms with Gasteiger partial charge in [0, 0.05) is 18.5 Å². The quantitative estimate of drug-likeness (QED) is 0.881. The van der Waals surface area contributed by atoms with Crippen LogP contribution in [0, 0.1) is 11.2 Å². The third-order valence-corrected chi connectivity index (χ3v) is 5.59. The van der Waals surface area contributed by atoms with Gasteiger partial charge in [0.2, 0.25) is 11.8 Å². The number of hydrogen-bond donors (Lipinski definition) is 1. The normalized spacial score (nSPS) is 20.9.